The Labute approximate surface area is 112 Å². The van der Waals surface area contributed by atoms with Crippen molar-refractivity contribution in [2.75, 3.05) is 39.5 Å². The summed E-state index contributed by atoms with van der Waals surface area (Å²) in [4.78, 5) is 2.32. The molecule has 0 bridgehead atoms. The van der Waals surface area contributed by atoms with Gasteiger partial charge in [0.05, 0.1) is 25.4 Å². The molecule has 2 aliphatic rings. The van der Waals surface area contributed by atoms with E-state index in [4.69, 9.17) is 15.2 Å². The molecule has 2 N–H and O–H groups in total. The summed E-state index contributed by atoms with van der Waals surface area (Å²) < 4.78 is 24.7. The normalized spacial score (nSPS) is 27.7. The van der Waals surface area contributed by atoms with Crippen molar-refractivity contribution in [3.63, 3.8) is 0 Å². The maximum absolute atomic E-state index is 13.6. The summed E-state index contributed by atoms with van der Waals surface area (Å²) in [5.74, 6) is 0.514. The van der Waals surface area contributed by atoms with Crippen molar-refractivity contribution < 1.29 is 13.9 Å². The molecule has 2 heterocycles. The zero-order valence-electron chi connectivity index (χ0n) is 10.9. The molecule has 0 aliphatic carbocycles. The number of hydrogen-bond donors (Lipinski definition) is 1. The molecule has 1 saturated heterocycles. The van der Waals surface area contributed by atoms with E-state index in [1.165, 1.54) is 6.07 Å². The molecule has 1 aromatic rings. The molecule has 0 aromatic heterocycles. The van der Waals surface area contributed by atoms with Gasteiger partial charge in [-0.25, -0.2) is 4.39 Å². The minimum Gasteiger partial charge on any atom is -0.493 e. The van der Waals surface area contributed by atoms with Gasteiger partial charge in [-0.05, 0) is 18.2 Å². The van der Waals surface area contributed by atoms with Crippen LogP contribution < -0.4 is 10.5 Å². The number of fused-ring (bicyclic) bond motifs is 1. The van der Waals surface area contributed by atoms with Crippen molar-refractivity contribution >= 4 is 0 Å². The molecule has 1 fully saturated rings. The summed E-state index contributed by atoms with van der Waals surface area (Å²) in [5.41, 5.74) is 6.63. The quantitative estimate of drug-likeness (QED) is 0.870. The third-order valence-corrected chi connectivity index (χ3v) is 4.17. The zero-order chi connectivity index (χ0) is 13.3. The number of benzene rings is 1. The molecular weight excluding hydrogens is 247 g/mol. The molecule has 19 heavy (non-hydrogen) atoms. The van der Waals surface area contributed by atoms with Gasteiger partial charge in [-0.15, -0.1) is 0 Å². The van der Waals surface area contributed by atoms with Crippen LogP contribution in [0, 0.1) is 5.82 Å². The van der Waals surface area contributed by atoms with Crippen molar-refractivity contribution in [2.24, 2.45) is 5.73 Å². The first kappa shape index (κ1) is 12.8. The Morgan fingerprint density at radius 3 is 2.79 bits per heavy atom. The number of ether oxygens (including phenoxy) is 2. The SMILES string of the molecule is NCC1(N2CCOCC2)CCOc2ccc(F)cc21. The van der Waals surface area contributed by atoms with Crippen LogP contribution in [0.25, 0.3) is 0 Å². The molecule has 1 unspecified atom stereocenters. The Kier molecular flexibility index (Phi) is 3.43. The molecule has 0 spiro atoms. The highest BCUT2D eigenvalue weighted by Crippen LogP contribution is 2.41. The van der Waals surface area contributed by atoms with Crippen LogP contribution in [0.5, 0.6) is 5.75 Å². The first-order valence-electron chi connectivity index (χ1n) is 6.72. The van der Waals surface area contributed by atoms with Gasteiger partial charge in [-0.3, -0.25) is 4.90 Å². The molecule has 3 rings (SSSR count). The minimum absolute atomic E-state index is 0.240. The first-order valence-corrected chi connectivity index (χ1v) is 6.72. The molecule has 104 valence electrons. The van der Waals surface area contributed by atoms with Crippen LogP contribution in [0.2, 0.25) is 0 Å². The summed E-state index contributed by atoms with van der Waals surface area (Å²) in [6.07, 6.45) is 0.792. The standard InChI is InChI=1S/C14H19FN2O2/c15-11-1-2-13-12(9-11)14(10-16,3-6-19-13)17-4-7-18-8-5-17/h1-2,9H,3-8,10,16H2. The van der Waals surface area contributed by atoms with Gasteiger partial charge in [0, 0.05) is 31.6 Å². The van der Waals surface area contributed by atoms with Gasteiger partial charge in [0.2, 0.25) is 0 Å². The molecular formula is C14H19FN2O2. The number of nitrogens with zero attached hydrogens (tertiary/aromatic N) is 1. The van der Waals surface area contributed by atoms with E-state index in [1.54, 1.807) is 12.1 Å². The summed E-state index contributed by atoms with van der Waals surface area (Å²) in [7, 11) is 0. The van der Waals surface area contributed by atoms with Crippen LogP contribution in [0.3, 0.4) is 0 Å². The van der Waals surface area contributed by atoms with Gasteiger partial charge < -0.3 is 15.2 Å². The fourth-order valence-corrected chi connectivity index (χ4v) is 3.12. The lowest BCUT2D eigenvalue weighted by molar-refractivity contribution is -0.0366. The van der Waals surface area contributed by atoms with Gasteiger partial charge >= 0.3 is 0 Å². The van der Waals surface area contributed by atoms with Gasteiger partial charge in [0.25, 0.3) is 0 Å². The summed E-state index contributed by atoms with van der Waals surface area (Å²) in [5, 5.41) is 0. The number of morpholine rings is 1. The summed E-state index contributed by atoms with van der Waals surface area (Å²) in [6.45, 7) is 4.14. The molecule has 5 heteroatoms. The Morgan fingerprint density at radius 1 is 1.26 bits per heavy atom. The van der Waals surface area contributed by atoms with Crippen molar-refractivity contribution in [3.8, 4) is 5.75 Å². The largest absolute Gasteiger partial charge is 0.493 e. The van der Waals surface area contributed by atoms with Gasteiger partial charge in [-0.2, -0.15) is 0 Å². The first-order chi connectivity index (χ1) is 9.26. The maximum Gasteiger partial charge on any atom is 0.124 e. The number of nitrogens with two attached hydrogens (primary N) is 1. The fraction of sp³-hybridized carbons (Fsp3) is 0.571. The third kappa shape index (κ3) is 2.12. The van der Waals surface area contributed by atoms with Crippen LogP contribution in [-0.2, 0) is 10.3 Å². The maximum atomic E-state index is 13.6. The van der Waals surface area contributed by atoms with E-state index in [-0.39, 0.29) is 11.4 Å². The topological polar surface area (TPSA) is 47.7 Å². The third-order valence-electron chi connectivity index (χ3n) is 4.17. The lowest BCUT2D eigenvalue weighted by Gasteiger charge is -2.48. The van der Waals surface area contributed by atoms with Crippen molar-refractivity contribution in [3.05, 3.63) is 29.6 Å². The molecule has 1 aromatic carbocycles. The molecule has 0 saturated carbocycles. The van der Waals surface area contributed by atoms with Crippen LogP contribution in [0.1, 0.15) is 12.0 Å². The number of halogens is 1. The highest BCUT2D eigenvalue weighted by Gasteiger charge is 2.42. The second kappa shape index (κ2) is 5.07. The van der Waals surface area contributed by atoms with Crippen LogP contribution in [0.15, 0.2) is 18.2 Å². The van der Waals surface area contributed by atoms with Gasteiger partial charge in [0.1, 0.15) is 11.6 Å². The highest BCUT2D eigenvalue weighted by molar-refractivity contribution is 5.42. The van der Waals surface area contributed by atoms with Crippen LogP contribution >= 0.6 is 0 Å². The Morgan fingerprint density at radius 2 is 2.05 bits per heavy atom. The minimum atomic E-state index is -0.320. The Balaban J connectivity index is 2.04. The van der Waals surface area contributed by atoms with E-state index in [0.29, 0.717) is 26.4 Å². The molecule has 0 radical (unpaired) electrons. The predicted octanol–water partition coefficient (Wildman–Crippen LogP) is 1.09. The van der Waals surface area contributed by atoms with Crippen LogP contribution in [0.4, 0.5) is 4.39 Å². The van der Waals surface area contributed by atoms with Crippen LogP contribution in [-0.4, -0.2) is 44.4 Å². The van der Waals surface area contributed by atoms with E-state index >= 15 is 0 Å². The lowest BCUT2D eigenvalue weighted by atomic mass is 9.82. The summed E-state index contributed by atoms with van der Waals surface area (Å²) >= 11 is 0. The van der Waals surface area contributed by atoms with E-state index in [2.05, 4.69) is 4.90 Å². The average molecular weight is 266 g/mol. The second-order valence-corrected chi connectivity index (χ2v) is 5.07. The Bertz CT molecular complexity index is 463. The fourth-order valence-electron chi connectivity index (χ4n) is 3.12. The number of hydrogen-bond acceptors (Lipinski definition) is 4. The molecule has 2 aliphatic heterocycles. The number of rotatable bonds is 2. The monoisotopic (exact) mass is 266 g/mol. The van der Waals surface area contributed by atoms with E-state index < -0.39 is 0 Å². The molecule has 1 atom stereocenters. The van der Waals surface area contributed by atoms with E-state index in [1.807, 2.05) is 0 Å². The highest BCUT2D eigenvalue weighted by atomic mass is 19.1. The molecule has 4 nitrogen and oxygen atoms in total. The summed E-state index contributed by atoms with van der Waals surface area (Å²) in [6, 6.07) is 4.70. The van der Waals surface area contributed by atoms with Crippen molar-refractivity contribution in [2.45, 2.75) is 12.0 Å². The average Bonchev–Trinajstić information content (AvgIpc) is 2.47. The van der Waals surface area contributed by atoms with E-state index in [0.717, 1.165) is 30.8 Å². The Hall–Kier alpha value is -1.17. The molecule has 0 amide bonds. The van der Waals surface area contributed by atoms with Crippen molar-refractivity contribution in [1.29, 1.82) is 0 Å². The second-order valence-electron chi connectivity index (χ2n) is 5.07. The van der Waals surface area contributed by atoms with E-state index in [9.17, 15) is 4.39 Å². The lowest BCUT2D eigenvalue weighted by Crippen LogP contribution is -2.57. The smallest absolute Gasteiger partial charge is 0.124 e. The van der Waals surface area contributed by atoms with Gasteiger partial charge in [0.15, 0.2) is 0 Å². The zero-order valence-corrected chi connectivity index (χ0v) is 10.9. The van der Waals surface area contributed by atoms with Crippen molar-refractivity contribution in [1.82, 2.24) is 4.90 Å². The predicted molar refractivity (Wildman–Crippen MR) is 69.6 cm³/mol. The van der Waals surface area contributed by atoms with Gasteiger partial charge in [-0.1, -0.05) is 0 Å².